The molecule has 0 bridgehead atoms. The van der Waals surface area contributed by atoms with E-state index >= 15 is 0 Å². The Morgan fingerprint density at radius 3 is 2.36 bits per heavy atom. The smallest absolute Gasteiger partial charge is 0.284 e. The molecule has 22 heavy (non-hydrogen) atoms. The van der Waals surface area contributed by atoms with Crippen molar-refractivity contribution in [1.29, 1.82) is 0 Å². The fourth-order valence-electron chi connectivity index (χ4n) is 3.52. The number of fused-ring (bicyclic) bond motifs is 1. The van der Waals surface area contributed by atoms with Gasteiger partial charge in [-0.3, -0.25) is 14.6 Å². The van der Waals surface area contributed by atoms with Crippen LogP contribution in [0.2, 0.25) is 0 Å². The first kappa shape index (κ1) is 14.9. The molecule has 2 fully saturated rings. The van der Waals surface area contributed by atoms with Gasteiger partial charge < -0.3 is 0 Å². The number of carbonyl (C=O) groups is 2. The maximum atomic E-state index is 12.7. The molecule has 118 valence electrons. The summed E-state index contributed by atoms with van der Waals surface area (Å²) in [4.78, 5) is 31.9. The molecule has 2 saturated heterocycles. The first-order chi connectivity index (χ1) is 10.5. The van der Waals surface area contributed by atoms with Crippen LogP contribution in [0.15, 0.2) is 16.8 Å². The summed E-state index contributed by atoms with van der Waals surface area (Å²) in [6.07, 6.45) is 6.56. The maximum absolute atomic E-state index is 12.7. The lowest BCUT2D eigenvalue weighted by molar-refractivity contribution is -0.527. The minimum absolute atomic E-state index is 0.173. The second kappa shape index (κ2) is 5.66. The Bertz CT molecular complexity index is 608. The second-order valence-corrected chi connectivity index (χ2v) is 6.26. The normalized spacial score (nSPS) is 26.6. The average Bonchev–Trinajstić information content (AvgIpc) is 2.79. The summed E-state index contributed by atoms with van der Waals surface area (Å²) in [7, 11) is 3.23. The van der Waals surface area contributed by atoms with Gasteiger partial charge in [-0.2, -0.15) is 0 Å². The predicted molar refractivity (Wildman–Crippen MR) is 84.1 cm³/mol. The van der Waals surface area contributed by atoms with E-state index < -0.39 is 5.92 Å². The van der Waals surface area contributed by atoms with Gasteiger partial charge in [0.2, 0.25) is 5.71 Å². The Labute approximate surface area is 130 Å². The zero-order valence-corrected chi connectivity index (χ0v) is 13.5. The molecule has 6 nitrogen and oxygen atoms in total. The van der Waals surface area contributed by atoms with Crippen molar-refractivity contribution >= 4 is 23.5 Å². The summed E-state index contributed by atoms with van der Waals surface area (Å²) in [5, 5.41) is 0. The van der Waals surface area contributed by atoms with Crippen molar-refractivity contribution in [2.45, 2.75) is 32.6 Å². The van der Waals surface area contributed by atoms with E-state index in [1.807, 2.05) is 6.92 Å². The zero-order valence-electron chi connectivity index (χ0n) is 13.5. The zero-order chi connectivity index (χ0) is 15.9. The van der Waals surface area contributed by atoms with Crippen LogP contribution in [-0.2, 0) is 4.79 Å². The summed E-state index contributed by atoms with van der Waals surface area (Å²) in [6.45, 7) is 3.95. The summed E-state index contributed by atoms with van der Waals surface area (Å²) in [6, 6.07) is -0.317. The molecule has 3 rings (SSSR count). The third-order valence-electron chi connectivity index (χ3n) is 4.77. The van der Waals surface area contributed by atoms with Gasteiger partial charge in [-0.05, 0) is 19.8 Å². The largest absolute Gasteiger partial charge is 0.331 e. The molecule has 6 heteroatoms. The average molecular weight is 303 g/mol. The van der Waals surface area contributed by atoms with Gasteiger partial charge in [0.15, 0.2) is 5.92 Å². The summed E-state index contributed by atoms with van der Waals surface area (Å²) < 4.78 is 2.33. The lowest BCUT2D eigenvalue weighted by Gasteiger charge is -2.36. The van der Waals surface area contributed by atoms with Gasteiger partial charge in [0, 0.05) is 38.7 Å². The van der Waals surface area contributed by atoms with Gasteiger partial charge in [0.25, 0.3) is 5.91 Å². The standard InChI is InChI=1S/C16H23N4O2/c1-11-10-17-14-12(15(21)19(3)16(22)18(14)2)13(11)20-8-6-4-5-7-9-20/h10,12H,4-9H2,1-3H3/q+1. The van der Waals surface area contributed by atoms with E-state index in [0.29, 0.717) is 5.84 Å². The van der Waals surface area contributed by atoms with Crippen LogP contribution in [-0.4, -0.2) is 65.0 Å². The van der Waals surface area contributed by atoms with Crippen LogP contribution < -0.4 is 0 Å². The fourth-order valence-corrected chi connectivity index (χ4v) is 3.52. The lowest BCUT2D eigenvalue weighted by Crippen LogP contribution is -2.60. The number of aliphatic imine (C=N–C) groups is 1. The molecule has 3 aliphatic rings. The Morgan fingerprint density at radius 1 is 1.09 bits per heavy atom. The van der Waals surface area contributed by atoms with E-state index in [-0.39, 0.29) is 11.9 Å². The molecular formula is C16H23N4O2+. The number of hydrogen-bond donors (Lipinski definition) is 0. The molecule has 0 aliphatic carbocycles. The van der Waals surface area contributed by atoms with Gasteiger partial charge in [0.05, 0.1) is 0 Å². The van der Waals surface area contributed by atoms with Crippen molar-refractivity contribution in [3.63, 3.8) is 0 Å². The van der Waals surface area contributed by atoms with Crippen LogP contribution >= 0.6 is 0 Å². The molecule has 3 amide bonds. The molecule has 0 aromatic carbocycles. The molecule has 1 unspecified atom stereocenters. The van der Waals surface area contributed by atoms with E-state index in [1.165, 1.54) is 22.6 Å². The highest BCUT2D eigenvalue weighted by Gasteiger charge is 2.48. The van der Waals surface area contributed by atoms with Crippen LogP contribution in [0.4, 0.5) is 4.79 Å². The van der Waals surface area contributed by atoms with E-state index in [0.717, 1.165) is 37.2 Å². The highest BCUT2D eigenvalue weighted by atomic mass is 16.2. The maximum Gasteiger partial charge on any atom is 0.331 e. The molecule has 3 aliphatic heterocycles. The first-order valence-corrected chi connectivity index (χ1v) is 7.94. The van der Waals surface area contributed by atoms with E-state index in [9.17, 15) is 9.59 Å². The van der Waals surface area contributed by atoms with Crippen LogP contribution in [0.25, 0.3) is 0 Å². The van der Waals surface area contributed by atoms with Gasteiger partial charge >= 0.3 is 6.03 Å². The predicted octanol–water partition coefficient (Wildman–Crippen LogP) is 1.47. The minimum Gasteiger partial charge on any atom is -0.284 e. The number of imide groups is 1. The molecule has 0 saturated carbocycles. The van der Waals surface area contributed by atoms with Crippen molar-refractivity contribution < 1.29 is 14.2 Å². The lowest BCUT2D eigenvalue weighted by atomic mass is 9.90. The number of rotatable bonds is 0. The summed E-state index contributed by atoms with van der Waals surface area (Å²) in [5.41, 5.74) is 2.06. The molecule has 0 aromatic rings. The molecule has 0 spiro atoms. The quantitative estimate of drug-likeness (QED) is 0.636. The number of amidine groups is 1. The minimum atomic E-state index is -0.448. The SMILES string of the molecule is CC1=CN=C2C(C(=O)N(C)C(=O)N2C)C1=[N+]1CCCCCC1. The topological polar surface area (TPSA) is 56.0 Å². The molecule has 0 aromatic heterocycles. The van der Waals surface area contributed by atoms with Crippen molar-refractivity contribution in [1.82, 2.24) is 9.80 Å². The highest BCUT2D eigenvalue weighted by molar-refractivity contribution is 6.31. The fraction of sp³-hybridized carbons (Fsp3) is 0.625. The van der Waals surface area contributed by atoms with E-state index in [1.54, 1.807) is 20.3 Å². The van der Waals surface area contributed by atoms with Gasteiger partial charge in [-0.1, -0.05) is 0 Å². The van der Waals surface area contributed by atoms with Crippen molar-refractivity contribution in [3.8, 4) is 0 Å². The number of carbonyl (C=O) groups excluding carboxylic acids is 2. The number of amides is 3. The monoisotopic (exact) mass is 303 g/mol. The number of allylic oxidation sites excluding steroid dienone is 1. The first-order valence-electron chi connectivity index (χ1n) is 7.94. The third-order valence-corrected chi connectivity index (χ3v) is 4.77. The Balaban J connectivity index is 2.10. The summed E-state index contributed by atoms with van der Waals surface area (Å²) in [5.74, 6) is -0.0673. The van der Waals surface area contributed by atoms with Gasteiger partial charge in [-0.25, -0.2) is 14.4 Å². The second-order valence-electron chi connectivity index (χ2n) is 6.26. The van der Waals surface area contributed by atoms with E-state index in [4.69, 9.17) is 0 Å². The molecule has 1 atom stereocenters. The Kier molecular flexibility index (Phi) is 3.85. The Morgan fingerprint density at radius 2 is 1.73 bits per heavy atom. The van der Waals surface area contributed by atoms with Crippen LogP contribution in [0, 0.1) is 5.92 Å². The van der Waals surface area contributed by atoms with Crippen LogP contribution in [0.3, 0.4) is 0 Å². The van der Waals surface area contributed by atoms with Crippen molar-refractivity contribution in [2.24, 2.45) is 10.9 Å². The van der Waals surface area contributed by atoms with Gasteiger partial charge in [0.1, 0.15) is 18.9 Å². The third kappa shape index (κ3) is 2.26. The number of urea groups is 1. The number of hydrogen-bond acceptors (Lipinski definition) is 3. The van der Waals surface area contributed by atoms with Crippen molar-refractivity contribution in [3.05, 3.63) is 11.8 Å². The number of nitrogens with zero attached hydrogens (tertiary/aromatic N) is 4. The van der Waals surface area contributed by atoms with E-state index in [2.05, 4.69) is 9.57 Å². The molecular weight excluding hydrogens is 280 g/mol. The van der Waals surface area contributed by atoms with Crippen molar-refractivity contribution in [2.75, 3.05) is 27.2 Å². The molecule has 0 N–H and O–H groups in total. The Hall–Kier alpha value is -1.98. The molecule has 3 heterocycles. The summed E-state index contributed by atoms with van der Waals surface area (Å²) >= 11 is 0. The molecule has 0 radical (unpaired) electrons. The highest BCUT2D eigenvalue weighted by Crippen LogP contribution is 2.25. The van der Waals surface area contributed by atoms with Gasteiger partial charge in [-0.15, -0.1) is 0 Å². The van der Waals surface area contributed by atoms with Crippen LogP contribution in [0.5, 0.6) is 0 Å². The van der Waals surface area contributed by atoms with Crippen LogP contribution in [0.1, 0.15) is 32.6 Å².